The van der Waals surface area contributed by atoms with Gasteiger partial charge in [-0.1, -0.05) is 0 Å². The highest BCUT2D eigenvalue weighted by atomic mass is 19.4. The minimum absolute atomic E-state index is 0.0625. The summed E-state index contributed by atoms with van der Waals surface area (Å²) in [4.78, 5) is 22.6. The van der Waals surface area contributed by atoms with Crippen LogP contribution in [0.1, 0.15) is 18.4 Å². The van der Waals surface area contributed by atoms with Crippen molar-refractivity contribution in [1.29, 1.82) is 0 Å². The fourth-order valence-electron chi connectivity index (χ4n) is 1.91. The Kier molecular flexibility index (Phi) is 4.58. The van der Waals surface area contributed by atoms with Gasteiger partial charge in [0.25, 0.3) is 5.91 Å². The van der Waals surface area contributed by atoms with Crippen LogP contribution in [-0.4, -0.2) is 29.6 Å². The molecule has 0 heterocycles. The number of carboxylic acid groups (broad SMARTS) is 1. The van der Waals surface area contributed by atoms with Crippen LogP contribution in [0.4, 0.5) is 13.2 Å². The van der Waals surface area contributed by atoms with Crippen molar-refractivity contribution in [2.75, 3.05) is 6.61 Å². The van der Waals surface area contributed by atoms with E-state index in [0.29, 0.717) is 0 Å². The topological polar surface area (TPSA) is 75.6 Å². The summed E-state index contributed by atoms with van der Waals surface area (Å²) in [6.45, 7) is -0.456. The smallest absolute Gasteiger partial charge is 0.416 e. The number of hydrogen-bond donors (Lipinski definition) is 2. The highest BCUT2D eigenvalue weighted by Crippen LogP contribution is 2.33. The highest BCUT2D eigenvalue weighted by Gasteiger charge is 2.37. The van der Waals surface area contributed by atoms with E-state index in [0.717, 1.165) is 37.1 Å². The number of ether oxygens (including phenoxy) is 1. The molecule has 2 rings (SSSR count). The third kappa shape index (κ3) is 4.37. The van der Waals surface area contributed by atoms with Crippen LogP contribution in [-0.2, 0) is 15.8 Å². The number of hydrogen-bond acceptors (Lipinski definition) is 3. The van der Waals surface area contributed by atoms with E-state index in [9.17, 15) is 22.8 Å². The zero-order valence-electron chi connectivity index (χ0n) is 11.4. The van der Waals surface area contributed by atoms with Crippen LogP contribution in [0.3, 0.4) is 0 Å². The molecule has 1 unspecified atom stereocenters. The van der Waals surface area contributed by atoms with E-state index in [1.807, 2.05) is 0 Å². The van der Waals surface area contributed by atoms with Gasteiger partial charge in [0, 0.05) is 0 Å². The summed E-state index contributed by atoms with van der Waals surface area (Å²) < 4.78 is 42.2. The van der Waals surface area contributed by atoms with Crippen LogP contribution >= 0.6 is 0 Å². The normalized spacial score (nSPS) is 16.0. The second-order valence-corrected chi connectivity index (χ2v) is 5.03. The third-order valence-corrected chi connectivity index (χ3v) is 3.23. The van der Waals surface area contributed by atoms with Gasteiger partial charge < -0.3 is 15.2 Å². The lowest BCUT2D eigenvalue weighted by Crippen LogP contribution is -2.44. The lowest BCUT2D eigenvalue weighted by molar-refractivity contribution is -0.142. The monoisotopic (exact) mass is 317 g/mol. The average molecular weight is 317 g/mol. The van der Waals surface area contributed by atoms with Gasteiger partial charge in [0.1, 0.15) is 11.8 Å². The van der Waals surface area contributed by atoms with E-state index in [1.165, 1.54) is 0 Å². The molecule has 1 aromatic carbocycles. The van der Waals surface area contributed by atoms with Crippen molar-refractivity contribution in [2.24, 2.45) is 5.92 Å². The number of amides is 1. The second-order valence-electron chi connectivity index (χ2n) is 5.03. The number of aliphatic carboxylic acids is 1. The Bertz CT molecular complexity index is 552. The lowest BCUT2D eigenvalue weighted by atomic mass is 10.2. The first kappa shape index (κ1) is 16.1. The summed E-state index contributed by atoms with van der Waals surface area (Å²) in [6, 6.07) is 2.95. The van der Waals surface area contributed by atoms with Crippen LogP contribution < -0.4 is 10.1 Å². The molecule has 0 saturated heterocycles. The van der Waals surface area contributed by atoms with Crippen LogP contribution in [0.25, 0.3) is 0 Å². The first-order valence-corrected chi connectivity index (χ1v) is 6.59. The van der Waals surface area contributed by atoms with Gasteiger partial charge >= 0.3 is 12.1 Å². The van der Waals surface area contributed by atoms with Crippen LogP contribution in [0.2, 0.25) is 0 Å². The number of nitrogens with one attached hydrogen (secondary N) is 1. The molecule has 0 aliphatic heterocycles. The molecule has 0 aromatic heterocycles. The Morgan fingerprint density at radius 3 is 2.32 bits per heavy atom. The van der Waals surface area contributed by atoms with Gasteiger partial charge in [-0.15, -0.1) is 0 Å². The van der Waals surface area contributed by atoms with E-state index < -0.39 is 36.3 Å². The molecule has 1 atom stereocenters. The molecular weight excluding hydrogens is 303 g/mol. The second kappa shape index (κ2) is 6.25. The van der Waals surface area contributed by atoms with Crippen LogP contribution in [0.15, 0.2) is 24.3 Å². The van der Waals surface area contributed by atoms with Crippen LogP contribution in [0, 0.1) is 5.92 Å². The van der Waals surface area contributed by atoms with Crippen molar-refractivity contribution in [2.45, 2.75) is 25.1 Å². The summed E-state index contributed by atoms with van der Waals surface area (Å²) in [5, 5.41) is 11.3. The third-order valence-electron chi connectivity index (χ3n) is 3.23. The molecule has 1 aliphatic carbocycles. The Morgan fingerprint density at radius 1 is 1.27 bits per heavy atom. The van der Waals surface area contributed by atoms with Gasteiger partial charge in [0.2, 0.25) is 0 Å². The SMILES string of the molecule is O=C(COc1ccc(C(F)(F)F)cc1)NC(C(=O)O)C1CC1. The Hall–Kier alpha value is -2.25. The standard InChI is InChI=1S/C14H14F3NO4/c15-14(16,17)9-3-5-10(6-4-9)22-7-11(19)18-12(13(20)21)8-1-2-8/h3-6,8,12H,1-2,7H2,(H,18,19)(H,20,21). The molecule has 2 N–H and O–H groups in total. The number of benzene rings is 1. The molecule has 0 spiro atoms. The van der Waals surface area contributed by atoms with Gasteiger partial charge in [-0.05, 0) is 43.0 Å². The van der Waals surface area contributed by atoms with E-state index in [-0.39, 0.29) is 11.7 Å². The number of carbonyl (C=O) groups is 2. The van der Waals surface area contributed by atoms with Gasteiger partial charge in [-0.2, -0.15) is 13.2 Å². The molecule has 1 fully saturated rings. The molecular formula is C14H14F3NO4. The summed E-state index contributed by atoms with van der Waals surface area (Å²) >= 11 is 0. The molecule has 1 saturated carbocycles. The average Bonchev–Trinajstić information content (AvgIpc) is 3.26. The van der Waals surface area contributed by atoms with Gasteiger partial charge in [-0.3, -0.25) is 4.79 Å². The lowest BCUT2D eigenvalue weighted by Gasteiger charge is -2.14. The summed E-state index contributed by atoms with van der Waals surface area (Å²) in [7, 11) is 0. The predicted octanol–water partition coefficient (Wildman–Crippen LogP) is 2.06. The fourth-order valence-corrected chi connectivity index (χ4v) is 1.91. The minimum atomic E-state index is -4.44. The molecule has 1 amide bonds. The Balaban J connectivity index is 1.84. The van der Waals surface area contributed by atoms with Crippen molar-refractivity contribution in [3.8, 4) is 5.75 Å². The first-order chi connectivity index (χ1) is 10.3. The van der Waals surface area contributed by atoms with E-state index in [4.69, 9.17) is 9.84 Å². The van der Waals surface area contributed by atoms with Gasteiger partial charge in [0.05, 0.1) is 5.56 Å². The van der Waals surface area contributed by atoms with Crippen molar-refractivity contribution in [3.05, 3.63) is 29.8 Å². The summed E-state index contributed by atoms with van der Waals surface area (Å²) in [6.07, 6.45) is -2.94. The van der Waals surface area contributed by atoms with E-state index in [1.54, 1.807) is 0 Å². The quantitative estimate of drug-likeness (QED) is 0.842. The predicted molar refractivity (Wildman–Crippen MR) is 69.2 cm³/mol. The number of carboxylic acids is 1. The van der Waals surface area contributed by atoms with E-state index in [2.05, 4.69) is 5.32 Å². The fraction of sp³-hybridized carbons (Fsp3) is 0.429. The number of halogens is 3. The molecule has 5 nitrogen and oxygen atoms in total. The zero-order valence-corrected chi connectivity index (χ0v) is 11.4. The van der Waals surface area contributed by atoms with Crippen molar-refractivity contribution < 1.29 is 32.6 Å². The molecule has 0 bridgehead atoms. The van der Waals surface area contributed by atoms with Crippen molar-refractivity contribution in [1.82, 2.24) is 5.32 Å². The maximum atomic E-state index is 12.4. The molecule has 8 heteroatoms. The summed E-state index contributed by atoms with van der Waals surface area (Å²) in [5.74, 6) is -1.70. The minimum Gasteiger partial charge on any atom is -0.484 e. The maximum Gasteiger partial charge on any atom is 0.416 e. The molecule has 120 valence electrons. The molecule has 1 aliphatic rings. The Morgan fingerprint density at radius 2 is 1.86 bits per heavy atom. The van der Waals surface area contributed by atoms with Crippen molar-refractivity contribution in [3.63, 3.8) is 0 Å². The number of alkyl halides is 3. The maximum absolute atomic E-state index is 12.4. The van der Waals surface area contributed by atoms with Gasteiger partial charge in [0.15, 0.2) is 6.61 Å². The molecule has 1 aromatic rings. The summed E-state index contributed by atoms with van der Waals surface area (Å²) in [5.41, 5.74) is -0.816. The Labute approximate surface area is 124 Å². The molecule has 0 radical (unpaired) electrons. The van der Waals surface area contributed by atoms with Gasteiger partial charge in [-0.25, -0.2) is 4.79 Å². The van der Waals surface area contributed by atoms with E-state index >= 15 is 0 Å². The van der Waals surface area contributed by atoms with Crippen molar-refractivity contribution >= 4 is 11.9 Å². The zero-order chi connectivity index (χ0) is 16.3. The highest BCUT2D eigenvalue weighted by molar-refractivity contribution is 5.84. The largest absolute Gasteiger partial charge is 0.484 e. The number of rotatable bonds is 6. The molecule has 22 heavy (non-hydrogen) atoms. The first-order valence-electron chi connectivity index (χ1n) is 6.59. The van der Waals surface area contributed by atoms with Crippen LogP contribution in [0.5, 0.6) is 5.75 Å². The number of carbonyl (C=O) groups excluding carboxylic acids is 1.